The van der Waals surface area contributed by atoms with Crippen LogP contribution in [0.25, 0.3) is 0 Å². The Balaban J connectivity index is 1.79. The number of nitrogens with zero attached hydrogens (tertiary/aromatic N) is 2. The summed E-state index contributed by atoms with van der Waals surface area (Å²) in [5, 5.41) is 6.40. The van der Waals surface area contributed by atoms with Crippen LogP contribution < -0.4 is 10.6 Å². The van der Waals surface area contributed by atoms with Gasteiger partial charge in [-0.3, -0.25) is 0 Å². The number of aromatic nitrogens is 2. The van der Waals surface area contributed by atoms with Crippen LogP contribution in [0.5, 0.6) is 0 Å². The molecule has 0 bridgehead atoms. The highest BCUT2D eigenvalue weighted by molar-refractivity contribution is 5.47. The third kappa shape index (κ3) is 4.63. The van der Waals surface area contributed by atoms with E-state index < -0.39 is 0 Å². The van der Waals surface area contributed by atoms with Crippen LogP contribution in [0.1, 0.15) is 44.9 Å². The van der Waals surface area contributed by atoms with Crippen molar-refractivity contribution in [3.05, 3.63) is 11.9 Å². The van der Waals surface area contributed by atoms with Crippen LogP contribution in [0.4, 0.5) is 11.6 Å². The summed E-state index contributed by atoms with van der Waals surface area (Å²) in [5.41, 5.74) is 0. The van der Waals surface area contributed by atoms with Gasteiger partial charge < -0.3 is 15.4 Å². The Kier molecular flexibility index (Phi) is 6.05. The molecule has 5 heteroatoms. The van der Waals surface area contributed by atoms with Crippen LogP contribution in [0.2, 0.25) is 0 Å². The Morgan fingerprint density at radius 2 is 2.00 bits per heavy atom. The van der Waals surface area contributed by atoms with Gasteiger partial charge in [0.15, 0.2) is 0 Å². The Labute approximate surface area is 121 Å². The number of rotatable bonds is 8. The molecule has 2 rings (SSSR count). The first-order chi connectivity index (χ1) is 9.81. The molecule has 1 aromatic rings. The molecule has 0 amide bonds. The standard InChI is InChI=1S/C15H26N4O/c1-3-6-13-18-14(16-2)11-15(19-13)17-9-10-20-12-7-4-5-8-12/h11-12H,3-10H2,1-2H3,(H2,16,17,18,19). The van der Waals surface area contributed by atoms with Gasteiger partial charge in [-0.15, -0.1) is 0 Å². The maximum atomic E-state index is 5.84. The van der Waals surface area contributed by atoms with Crippen molar-refractivity contribution in [3.63, 3.8) is 0 Å². The van der Waals surface area contributed by atoms with E-state index >= 15 is 0 Å². The molecule has 1 heterocycles. The molecule has 0 aliphatic heterocycles. The lowest BCUT2D eigenvalue weighted by Gasteiger charge is -2.12. The van der Waals surface area contributed by atoms with Crippen LogP contribution in [-0.2, 0) is 11.2 Å². The normalized spacial score (nSPS) is 15.5. The maximum absolute atomic E-state index is 5.84. The van der Waals surface area contributed by atoms with Crippen LogP contribution in [0.15, 0.2) is 6.07 Å². The average molecular weight is 278 g/mol. The van der Waals surface area contributed by atoms with Crippen molar-refractivity contribution in [1.29, 1.82) is 0 Å². The molecule has 1 aromatic heterocycles. The topological polar surface area (TPSA) is 59.1 Å². The van der Waals surface area contributed by atoms with Gasteiger partial charge >= 0.3 is 0 Å². The Morgan fingerprint density at radius 3 is 2.70 bits per heavy atom. The first kappa shape index (κ1) is 15.0. The predicted octanol–water partition coefficient (Wildman–Crippen LogP) is 2.84. The monoisotopic (exact) mass is 278 g/mol. The Morgan fingerprint density at radius 1 is 1.25 bits per heavy atom. The van der Waals surface area contributed by atoms with E-state index in [1.807, 2.05) is 13.1 Å². The van der Waals surface area contributed by atoms with E-state index in [0.29, 0.717) is 6.10 Å². The van der Waals surface area contributed by atoms with Crippen LogP contribution in [0.3, 0.4) is 0 Å². The average Bonchev–Trinajstić information content (AvgIpc) is 2.97. The molecule has 1 aliphatic carbocycles. The summed E-state index contributed by atoms with van der Waals surface area (Å²) in [6.07, 6.45) is 7.51. The molecule has 0 saturated heterocycles. The van der Waals surface area contributed by atoms with E-state index in [1.54, 1.807) is 0 Å². The van der Waals surface area contributed by atoms with Gasteiger partial charge in [0.2, 0.25) is 0 Å². The van der Waals surface area contributed by atoms with Gasteiger partial charge in [-0.05, 0) is 19.3 Å². The first-order valence-electron chi connectivity index (χ1n) is 7.73. The number of ether oxygens (including phenoxy) is 1. The summed E-state index contributed by atoms with van der Waals surface area (Å²) in [6.45, 7) is 3.67. The van der Waals surface area contributed by atoms with Crippen LogP contribution in [0, 0.1) is 0 Å². The van der Waals surface area contributed by atoms with Gasteiger partial charge in [-0.2, -0.15) is 0 Å². The quantitative estimate of drug-likeness (QED) is 0.716. The van der Waals surface area contributed by atoms with E-state index in [0.717, 1.165) is 43.5 Å². The van der Waals surface area contributed by atoms with E-state index in [1.165, 1.54) is 25.7 Å². The highest BCUT2D eigenvalue weighted by Gasteiger charge is 2.14. The zero-order valence-electron chi connectivity index (χ0n) is 12.6. The van der Waals surface area contributed by atoms with Crippen molar-refractivity contribution < 1.29 is 4.74 Å². The summed E-state index contributed by atoms with van der Waals surface area (Å²) >= 11 is 0. The summed E-state index contributed by atoms with van der Waals surface area (Å²) < 4.78 is 5.84. The van der Waals surface area contributed by atoms with E-state index in [2.05, 4.69) is 27.5 Å². The lowest BCUT2D eigenvalue weighted by Crippen LogP contribution is -2.16. The molecule has 0 spiro atoms. The smallest absolute Gasteiger partial charge is 0.133 e. The largest absolute Gasteiger partial charge is 0.376 e. The highest BCUT2D eigenvalue weighted by atomic mass is 16.5. The van der Waals surface area contributed by atoms with Gasteiger partial charge in [0, 0.05) is 26.1 Å². The fourth-order valence-electron chi connectivity index (χ4n) is 2.51. The summed E-state index contributed by atoms with van der Waals surface area (Å²) in [4.78, 5) is 8.96. The summed E-state index contributed by atoms with van der Waals surface area (Å²) in [6, 6.07) is 1.94. The van der Waals surface area contributed by atoms with Crippen LogP contribution >= 0.6 is 0 Å². The van der Waals surface area contributed by atoms with Crippen molar-refractivity contribution in [3.8, 4) is 0 Å². The number of aryl methyl sites for hydroxylation is 1. The molecule has 5 nitrogen and oxygen atoms in total. The zero-order valence-corrected chi connectivity index (χ0v) is 12.6. The third-order valence-corrected chi connectivity index (χ3v) is 3.57. The molecular formula is C15H26N4O. The molecule has 20 heavy (non-hydrogen) atoms. The van der Waals surface area contributed by atoms with Crippen molar-refractivity contribution in [2.45, 2.75) is 51.6 Å². The van der Waals surface area contributed by atoms with E-state index in [9.17, 15) is 0 Å². The highest BCUT2D eigenvalue weighted by Crippen LogP contribution is 2.20. The fourth-order valence-corrected chi connectivity index (χ4v) is 2.51. The fraction of sp³-hybridized carbons (Fsp3) is 0.733. The van der Waals surface area contributed by atoms with Gasteiger partial charge in [-0.1, -0.05) is 19.8 Å². The number of nitrogens with one attached hydrogen (secondary N) is 2. The minimum Gasteiger partial charge on any atom is -0.376 e. The molecular weight excluding hydrogens is 252 g/mol. The first-order valence-corrected chi connectivity index (χ1v) is 7.73. The van der Waals surface area contributed by atoms with Gasteiger partial charge in [0.1, 0.15) is 17.5 Å². The van der Waals surface area contributed by atoms with Crippen molar-refractivity contribution in [2.75, 3.05) is 30.8 Å². The maximum Gasteiger partial charge on any atom is 0.133 e. The third-order valence-electron chi connectivity index (χ3n) is 3.57. The molecule has 1 aliphatic rings. The van der Waals surface area contributed by atoms with Gasteiger partial charge in [0.05, 0.1) is 12.7 Å². The number of hydrogen-bond donors (Lipinski definition) is 2. The number of hydrogen-bond acceptors (Lipinski definition) is 5. The molecule has 0 aromatic carbocycles. The van der Waals surface area contributed by atoms with Crippen molar-refractivity contribution >= 4 is 11.6 Å². The number of anilines is 2. The summed E-state index contributed by atoms with van der Waals surface area (Å²) in [5.74, 6) is 2.63. The minimum atomic E-state index is 0.478. The zero-order chi connectivity index (χ0) is 14.2. The Bertz CT molecular complexity index is 405. The van der Waals surface area contributed by atoms with E-state index in [-0.39, 0.29) is 0 Å². The molecule has 1 saturated carbocycles. The second-order valence-corrected chi connectivity index (χ2v) is 5.26. The van der Waals surface area contributed by atoms with Crippen molar-refractivity contribution in [2.24, 2.45) is 0 Å². The van der Waals surface area contributed by atoms with Gasteiger partial charge in [0.25, 0.3) is 0 Å². The summed E-state index contributed by atoms with van der Waals surface area (Å²) in [7, 11) is 1.88. The molecule has 0 radical (unpaired) electrons. The molecule has 1 fully saturated rings. The van der Waals surface area contributed by atoms with Crippen LogP contribution in [-0.4, -0.2) is 36.3 Å². The lowest BCUT2D eigenvalue weighted by molar-refractivity contribution is 0.0658. The lowest BCUT2D eigenvalue weighted by atomic mass is 10.3. The molecule has 2 N–H and O–H groups in total. The van der Waals surface area contributed by atoms with Crippen molar-refractivity contribution in [1.82, 2.24) is 9.97 Å². The molecule has 112 valence electrons. The van der Waals surface area contributed by atoms with E-state index in [4.69, 9.17) is 4.74 Å². The molecule has 0 unspecified atom stereocenters. The predicted molar refractivity (Wildman–Crippen MR) is 82.3 cm³/mol. The van der Waals surface area contributed by atoms with Gasteiger partial charge in [-0.25, -0.2) is 9.97 Å². The second-order valence-electron chi connectivity index (χ2n) is 5.26. The SMILES string of the molecule is CCCc1nc(NC)cc(NCCOC2CCCC2)n1. The minimum absolute atomic E-state index is 0.478. The second kappa shape index (κ2) is 8.04. The Hall–Kier alpha value is -1.36. The molecule has 0 atom stereocenters.